The van der Waals surface area contributed by atoms with Crippen molar-refractivity contribution < 1.29 is 0 Å². The summed E-state index contributed by atoms with van der Waals surface area (Å²) in [7, 11) is 0. The molecule has 0 aliphatic heterocycles. The monoisotopic (exact) mass is 274 g/mol. The minimum atomic E-state index is 0.485. The van der Waals surface area contributed by atoms with E-state index in [9.17, 15) is 0 Å². The van der Waals surface area contributed by atoms with Gasteiger partial charge in [-0.1, -0.05) is 27.2 Å². The number of hydrogen-bond acceptors (Lipinski definition) is 2. The number of nitrogens with zero attached hydrogens (tertiary/aromatic N) is 1. The first kappa shape index (κ1) is 15.5. The molecule has 1 heterocycles. The fourth-order valence-corrected chi connectivity index (χ4v) is 3.52. The minimum absolute atomic E-state index is 0.485. The Morgan fingerprint density at radius 1 is 1.30 bits per heavy atom. The predicted octanol–water partition coefficient (Wildman–Crippen LogP) is 4.50. The van der Waals surface area contributed by atoms with E-state index in [0.29, 0.717) is 6.04 Å². The first-order valence-electron chi connectivity index (χ1n) is 8.27. The molecule has 0 amide bonds. The highest BCUT2D eigenvalue weighted by Gasteiger charge is 2.31. The van der Waals surface area contributed by atoms with Crippen LogP contribution < -0.4 is 5.32 Å². The third kappa shape index (κ3) is 3.60. The molecule has 0 radical (unpaired) electrons. The van der Waals surface area contributed by atoms with Gasteiger partial charge in [0.15, 0.2) is 0 Å². The molecule has 1 fully saturated rings. The molecule has 0 spiro atoms. The molecule has 2 nitrogen and oxygen atoms in total. The quantitative estimate of drug-likeness (QED) is 0.855. The molecule has 2 rings (SSSR count). The van der Waals surface area contributed by atoms with Crippen LogP contribution in [0.4, 0.5) is 0 Å². The fourth-order valence-electron chi connectivity index (χ4n) is 3.52. The van der Waals surface area contributed by atoms with Crippen LogP contribution in [-0.4, -0.2) is 11.5 Å². The summed E-state index contributed by atoms with van der Waals surface area (Å²) < 4.78 is 0. The molecule has 1 N–H and O–H groups in total. The van der Waals surface area contributed by atoms with Gasteiger partial charge in [-0.15, -0.1) is 0 Å². The molecule has 1 aliphatic carbocycles. The second-order valence-electron chi connectivity index (χ2n) is 6.69. The highest BCUT2D eigenvalue weighted by Crippen LogP contribution is 2.40. The lowest BCUT2D eigenvalue weighted by Crippen LogP contribution is -2.34. The van der Waals surface area contributed by atoms with E-state index < -0.39 is 0 Å². The molecule has 112 valence electrons. The van der Waals surface area contributed by atoms with Crippen molar-refractivity contribution in [2.45, 2.75) is 59.4 Å². The Balaban J connectivity index is 2.17. The highest BCUT2D eigenvalue weighted by molar-refractivity contribution is 5.26. The minimum Gasteiger partial charge on any atom is -0.310 e. The number of pyridine rings is 1. The maximum absolute atomic E-state index is 4.36. The van der Waals surface area contributed by atoms with Gasteiger partial charge in [0, 0.05) is 18.4 Å². The van der Waals surface area contributed by atoms with Crippen molar-refractivity contribution in [1.82, 2.24) is 10.3 Å². The lowest BCUT2D eigenvalue weighted by molar-refractivity contribution is 0.170. The van der Waals surface area contributed by atoms with Gasteiger partial charge in [-0.05, 0) is 67.7 Å². The van der Waals surface area contributed by atoms with Crippen molar-refractivity contribution in [1.29, 1.82) is 0 Å². The smallest absolute Gasteiger partial charge is 0.0366 e. The third-order valence-corrected chi connectivity index (χ3v) is 5.14. The van der Waals surface area contributed by atoms with Gasteiger partial charge in [0.05, 0.1) is 0 Å². The zero-order valence-corrected chi connectivity index (χ0v) is 13.5. The van der Waals surface area contributed by atoms with Crippen LogP contribution in [0.5, 0.6) is 0 Å². The summed E-state index contributed by atoms with van der Waals surface area (Å²) in [6, 6.07) is 2.63. The van der Waals surface area contributed by atoms with Crippen LogP contribution in [0.2, 0.25) is 0 Å². The van der Waals surface area contributed by atoms with Crippen LogP contribution in [0, 0.1) is 24.7 Å². The maximum Gasteiger partial charge on any atom is 0.0366 e. The molecule has 4 unspecified atom stereocenters. The fraction of sp³-hybridized carbons (Fsp3) is 0.722. The van der Waals surface area contributed by atoms with Gasteiger partial charge < -0.3 is 5.32 Å². The predicted molar refractivity (Wildman–Crippen MR) is 85.7 cm³/mol. The normalized spacial score (nSPS) is 28.3. The number of nitrogens with one attached hydrogen (secondary N) is 1. The Hall–Kier alpha value is -0.890. The van der Waals surface area contributed by atoms with E-state index in [1.54, 1.807) is 0 Å². The SMILES string of the molecule is CCCNC(c1cnccc1C)C1CCC(C)C(C)C1. The molecule has 0 bridgehead atoms. The van der Waals surface area contributed by atoms with E-state index in [1.165, 1.54) is 36.8 Å². The van der Waals surface area contributed by atoms with Gasteiger partial charge in [-0.2, -0.15) is 0 Å². The number of hydrogen-bond donors (Lipinski definition) is 1. The Morgan fingerprint density at radius 3 is 2.75 bits per heavy atom. The highest BCUT2D eigenvalue weighted by atomic mass is 14.9. The Labute approximate surface area is 124 Å². The van der Waals surface area contributed by atoms with E-state index in [4.69, 9.17) is 0 Å². The summed E-state index contributed by atoms with van der Waals surface area (Å²) >= 11 is 0. The van der Waals surface area contributed by atoms with Crippen molar-refractivity contribution >= 4 is 0 Å². The van der Waals surface area contributed by atoms with E-state index in [-0.39, 0.29) is 0 Å². The summed E-state index contributed by atoms with van der Waals surface area (Å²) in [4.78, 5) is 4.36. The van der Waals surface area contributed by atoms with Crippen LogP contribution in [0.1, 0.15) is 63.6 Å². The standard InChI is InChI=1S/C18H30N2/c1-5-9-20-18(17-12-19-10-8-14(17)3)16-7-6-13(2)15(4)11-16/h8,10,12-13,15-16,18,20H,5-7,9,11H2,1-4H3. The van der Waals surface area contributed by atoms with Gasteiger partial charge in [0.2, 0.25) is 0 Å². The van der Waals surface area contributed by atoms with Gasteiger partial charge in [0.25, 0.3) is 0 Å². The molecule has 0 saturated heterocycles. The average Bonchev–Trinajstić information content (AvgIpc) is 2.44. The third-order valence-electron chi connectivity index (χ3n) is 5.14. The molecule has 1 aromatic heterocycles. The molecule has 1 saturated carbocycles. The second-order valence-corrected chi connectivity index (χ2v) is 6.69. The van der Waals surface area contributed by atoms with Crippen molar-refractivity contribution in [3.63, 3.8) is 0 Å². The molecule has 1 aliphatic rings. The van der Waals surface area contributed by atoms with Crippen LogP contribution >= 0.6 is 0 Å². The van der Waals surface area contributed by atoms with E-state index >= 15 is 0 Å². The number of aryl methyl sites for hydroxylation is 1. The van der Waals surface area contributed by atoms with Gasteiger partial charge in [0.1, 0.15) is 0 Å². The van der Waals surface area contributed by atoms with Gasteiger partial charge >= 0.3 is 0 Å². The zero-order chi connectivity index (χ0) is 14.5. The van der Waals surface area contributed by atoms with E-state index in [1.807, 2.05) is 6.20 Å². The van der Waals surface area contributed by atoms with Crippen LogP contribution in [0.3, 0.4) is 0 Å². The molecule has 4 atom stereocenters. The van der Waals surface area contributed by atoms with Crippen LogP contribution in [0.15, 0.2) is 18.5 Å². The van der Waals surface area contributed by atoms with Crippen molar-refractivity contribution in [3.05, 3.63) is 29.6 Å². The summed E-state index contributed by atoms with van der Waals surface area (Å²) in [5.41, 5.74) is 2.78. The summed E-state index contributed by atoms with van der Waals surface area (Å²) in [6.45, 7) is 10.4. The first-order valence-corrected chi connectivity index (χ1v) is 8.27. The van der Waals surface area contributed by atoms with Crippen LogP contribution in [-0.2, 0) is 0 Å². The number of rotatable bonds is 5. The Bertz CT molecular complexity index is 416. The maximum atomic E-state index is 4.36. The second kappa shape index (κ2) is 7.21. The first-order chi connectivity index (χ1) is 9.63. The molecule has 0 aromatic carbocycles. The summed E-state index contributed by atoms with van der Waals surface area (Å²) in [5.74, 6) is 2.49. The summed E-state index contributed by atoms with van der Waals surface area (Å²) in [6.07, 6.45) is 9.23. The van der Waals surface area contributed by atoms with Gasteiger partial charge in [-0.25, -0.2) is 0 Å². The average molecular weight is 274 g/mol. The molecular weight excluding hydrogens is 244 g/mol. The lowest BCUT2D eigenvalue weighted by Gasteiger charge is -2.37. The van der Waals surface area contributed by atoms with E-state index in [2.05, 4.69) is 50.3 Å². The number of aromatic nitrogens is 1. The molecule has 20 heavy (non-hydrogen) atoms. The lowest BCUT2D eigenvalue weighted by atomic mass is 9.72. The van der Waals surface area contributed by atoms with E-state index in [0.717, 1.165) is 24.3 Å². The topological polar surface area (TPSA) is 24.9 Å². The van der Waals surface area contributed by atoms with Crippen molar-refractivity contribution in [2.75, 3.05) is 6.54 Å². The zero-order valence-electron chi connectivity index (χ0n) is 13.5. The van der Waals surface area contributed by atoms with Gasteiger partial charge in [-0.3, -0.25) is 4.98 Å². The molecular formula is C18H30N2. The molecule has 2 heteroatoms. The van der Waals surface area contributed by atoms with Crippen molar-refractivity contribution in [3.8, 4) is 0 Å². The summed E-state index contributed by atoms with van der Waals surface area (Å²) in [5, 5.41) is 3.79. The molecule has 1 aromatic rings. The largest absolute Gasteiger partial charge is 0.310 e. The van der Waals surface area contributed by atoms with Crippen LogP contribution in [0.25, 0.3) is 0 Å². The van der Waals surface area contributed by atoms with Crippen molar-refractivity contribution in [2.24, 2.45) is 17.8 Å². The Morgan fingerprint density at radius 2 is 2.10 bits per heavy atom. The Kier molecular flexibility index (Phi) is 5.59.